The molecule has 1 aliphatic carbocycles. The Morgan fingerprint density at radius 2 is 0.791 bits per heavy atom. The molecular weight excluding hydrogens is 524 g/mol. The van der Waals surface area contributed by atoms with Crippen molar-refractivity contribution in [1.29, 1.82) is 0 Å². The van der Waals surface area contributed by atoms with Gasteiger partial charge in [0, 0.05) is 5.57 Å². The number of hydrogen-bond donors (Lipinski definition) is 0. The first-order chi connectivity index (χ1) is 20.5. The highest BCUT2D eigenvalue weighted by Crippen LogP contribution is 2.17. The van der Waals surface area contributed by atoms with Crippen molar-refractivity contribution < 1.29 is 9.59 Å². The van der Waals surface area contributed by atoms with Crippen molar-refractivity contribution in [2.24, 2.45) is 0 Å². The lowest BCUT2D eigenvalue weighted by molar-refractivity contribution is -0.114. The molecule has 0 heterocycles. The van der Waals surface area contributed by atoms with Crippen LogP contribution in [0.1, 0.15) is 139 Å². The molecule has 0 spiro atoms. The third kappa shape index (κ3) is 20.5. The Hall–Kier alpha value is -3.00. The molecule has 43 heavy (non-hydrogen) atoms. The molecule has 0 radical (unpaired) electrons. The lowest BCUT2D eigenvalue weighted by atomic mass is 9.98. The summed E-state index contributed by atoms with van der Waals surface area (Å²) in [7, 11) is 0. The standard InChI is InChI=1S/C41H60O2/c1-32(2)15-9-16-33(3)17-10-18-34(4)19-11-20-35(5)21-12-22-36(6)23-13-24-37(7)25-14-26-38(8)27-28-39-31-40(42)29-30-41(39)43/h15,17,19,21,23,25,27,29-31H,9-14,16,18,20,22,24,26,28H2,1-8H3. The van der Waals surface area contributed by atoms with E-state index in [0.29, 0.717) is 12.0 Å². The van der Waals surface area contributed by atoms with Gasteiger partial charge in [-0.3, -0.25) is 9.59 Å². The average Bonchev–Trinajstić information content (AvgIpc) is 2.93. The van der Waals surface area contributed by atoms with Crippen LogP contribution < -0.4 is 0 Å². The van der Waals surface area contributed by atoms with Crippen molar-refractivity contribution in [3.8, 4) is 0 Å². The summed E-state index contributed by atoms with van der Waals surface area (Å²) in [6.07, 6.45) is 34.5. The van der Waals surface area contributed by atoms with Crippen molar-refractivity contribution >= 4 is 11.6 Å². The molecule has 0 unspecified atom stereocenters. The Kier molecular flexibility index (Phi) is 19.9. The Bertz CT molecular complexity index is 1180. The van der Waals surface area contributed by atoms with Crippen LogP contribution in [0.4, 0.5) is 0 Å². The van der Waals surface area contributed by atoms with Crippen molar-refractivity contribution in [1.82, 2.24) is 0 Å². The first-order valence-electron chi connectivity index (χ1n) is 16.5. The molecule has 0 aromatic carbocycles. The molecule has 236 valence electrons. The molecule has 0 aromatic rings. The second-order valence-electron chi connectivity index (χ2n) is 12.8. The number of ketones is 2. The van der Waals surface area contributed by atoms with Gasteiger partial charge in [-0.2, -0.15) is 0 Å². The number of carbonyl (C=O) groups excluding carboxylic acids is 2. The molecule has 0 atom stereocenters. The zero-order valence-corrected chi connectivity index (χ0v) is 28.8. The first-order valence-corrected chi connectivity index (χ1v) is 16.5. The molecule has 2 heteroatoms. The SMILES string of the molecule is CC(C)=CCCC(C)=CCCC(C)=CCCC(C)=CCCC(C)=CCCC(C)=CCCC(C)=CCC1=CC(=O)C=CC1=O. The number of allylic oxidation sites excluding steroid dienone is 18. The molecule has 1 aliphatic rings. The first kappa shape index (κ1) is 38.0. The van der Waals surface area contributed by atoms with E-state index in [9.17, 15) is 9.59 Å². The topological polar surface area (TPSA) is 34.1 Å². The Labute approximate surface area is 264 Å². The van der Waals surface area contributed by atoms with Gasteiger partial charge in [0.25, 0.3) is 0 Å². The Balaban J connectivity index is 2.25. The van der Waals surface area contributed by atoms with Gasteiger partial charge in [-0.05, 0) is 157 Å². The van der Waals surface area contributed by atoms with Crippen LogP contribution in [-0.4, -0.2) is 11.6 Å². The minimum absolute atomic E-state index is 0.0529. The fourth-order valence-corrected chi connectivity index (χ4v) is 4.93. The average molecular weight is 585 g/mol. The number of rotatable bonds is 20. The summed E-state index contributed by atoms with van der Waals surface area (Å²) in [4.78, 5) is 23.3. The van der Waals surface area contributed by atoms with E-state index in [0.717, 1.165) is 64.2 Å². The minimum Gasteiger partial charge on any atom is -0.290 e. The normalized spacial score (nSPS) is 15.8. The summed E-state index contributed by atoms with van der Waals surface area (Å²) in [5.41, 5.74) is 10.7. The van der Waals surface area contributed by atoms with Crippen LogP contribution in [0.3, 0.4) is 0 Å². The van der Waals surface area contributed by atoms with Gasteiger partial charge >= 0.3 is 0 Å². The highest BCUT2D eigenvalue weighted by molar-refractivity contribution is 6.17. The van der Waals surface area contributed by atoms with E-state index >= 15 is 0 Å². The number of carbonyl (C=O) groups is 2. The van der Waals surface area contributed by atoms with E-state index < -0.39 is 0 Å². The van der Waals surface area contributed by atoms with Crippen molar-refractivity contribution in [2.45, 2.75) is 139 Å². The quantitative estimate of drug-likeness (QED) is 0.105. The van der Waals surface area contributed by atoms with Crippen LogP contribution in [0.5, 0.6) is 0 Å². The Morgan fingerprint density at radius 1 is 0.465 bits per heavy atom. The van der Waals surface area contributed by atoms with Crippen LogP contribution >= 0.6 is 0 Å². The largest absolute Gasteiger partial charge is 0.290 e. The van der Waals surface area contributed by atoms with Crippen LogP contribution in [-0.2, 0) is 9.59 Å². The predicted octanol–water partition coefficient (Wildman–Crippen LogP) is 12.3. The molecule has 0 N–H and O–H groups in total. The van der Waals surface area contributed by atoms with E-state index in [2.05, 4.69) is 97.9 Å². The molecule has 0 fully saturated rings. The van der Waals surface area contributed by atoms with E-state index in [1.165, 1.54) is 70.1 Å². The summed E-state index contributed by atoms with van der Waals surface area (Å²) in [5, 5.41) is 0. The van der Waals surface area contributed by atoms with Crippen LogP contribution in [0.25, 0.3) is 0 Å². The maximum Gasteiger partial charge on any atom is 0.182 e. The molecule has 0 amide bonds. The summed E-state index contributed by atoms with van der Waals surface area (Å²) >= 11 is 0. The van der Waals surface area contributed by atoms with Crippen molar-refractivity contribution in [3.05, 3.63) is 105 Å². The van der Waals surface area contributed by atoms with E-state index in [4.69, 9.17) is 0 Å². The van der Waals surface area contributed by atoms with Gasteiger partial charge in [0.2, 0.25) is 0 Å². The monoisotopic (exact) mass is 584 g/mol. The smallest absolute Gasteiger partial charge is 0.182 e. The van der Waals surface area contributed by atoms with E-state index in [-0.39, 0.29) is 11.6 Å². The maximum absolute atomic E-state index is 11.9. The van der Waals surface area contributed by atoms with Gasteiger partial charge < -0.3 is 0 Å². The van der Waals surface area contributed by atoms with Crippen molar-refractivity contribution in [3.63, 3.8) is 0 Å². The fourth-order valence-electron chi connectivity index (χ4n) is 4.93. The van der Waals surface area contributed by atoms with Crippen molar-refractivity contribution in [2.75, 3.05) is 0 Å². The van der Waals surface area contributed by atoms with Crippen LogP contribution in [0.15, 0.2) is 105 Å². The number of hydrogen-bond acceptors (Lipinski definition) is 2. The zero-order chi connectivity index (χ0) is 32.0. The molecular formula is C41H60O2. The van der Waals surface area contributed by atoms with Gasteiger partial charge in [-0.25, -0.2) is 0 Å². The highest BCUT2D eigenvalue weighted by atomic mass is 16.1. The Morgan fingerprint density at radius 3 is 1.14 bits per heavy atom. The second-order valence-corrected chi connectivity index (χ2v) is 12.8. The minimum atomic E-state index is -0.0974. The van der Waals surface area contributed by atoms with Crippen LogP contribution in [0, 0.1) is 0 Å². The third-order valence-corrected chi connectivity index (χ3v) is 7.95. The molecule has 0 aliphatic heterocycles. The molecule has 0 bridgehead atoms. The summed E-state index contributed by atoms with van der Waals surface area (Å²) in [6.45, 7) is 17.7. The van der Waals surface area contributed by atoms with Crippen LogP contribution in [0.2, 0.25) is 0 Å². The van der Waals surface area contributed by atoms with Gasteiger partial charge in [-0.1, -0.05) is 81.5 Å². The lowest BCUT2D eigenvalue weighted by Gasteiger charge is -2.05. The highest BCUT2D eigenvalue weighted by Gasteiger charge is 2.11. The summed E-state index contributed by atoms with van der Waals surface area (Å²) in [5.74, 6) is -0.150. The summed E-state index contributed by atoms with van der Waals surface area (Å²) in [6, 6.07) is 0. The molecule has 0 saturated carbocycles. The molecule has 0 saturated heterocycles. The predicted molar refractivity (Wildman–Crippen MR) is 189 cm³/mol. The summed E-state index contributed by atoms with van der Waals surface area (Å²) < 4.78 is 0. The second kappa shape index (κ2) is 22.5. The third-order valence-electron chi connectivity index (χ3n) is 7.95. The van der Waals surface area contributed by atoms with Gasteiger partial charge in [0.05, 0.1) is 0 Å². The van der Waals surface area contributed by atoms with Gasteiger partial charge in [0.1, 0.15) is 0 Å². The van der Waals surface area contributed by atoms with E-state index in [1.807, 2.05) is 0 Å². The lowest BCUT2D eigenvalue weighted by Crippen LogP contribution is -2.06. The fraction of sp³-hybridized carbons (Fsp3) is 0.512. The van der Waals surface area contributed by atoms with Gasteiger partial charge in [0.15, 0.2) is 11.6 Å². The molecule has 1 rings (SSSR count). The molecule has 2 nitrogen and oxygen atoms in total. The van der Waals surface area contributed by atoms with E-state index in [1.54, 1.807) is 0 Å². The zero-order valence-electron chi connectivity index (χ0n) is 28.8. The molecule has 0 aromatic heterocycles. The maximum atomic E-state index is 11.9. The van der Waals surface area contributed by atoms with Gasteiger partial charge in [-0.15, -0.1) is 0 Å².